The molecular weight excluding hydrogens is 250 g/mol. The lowest BCUT2D eigenvalue weighted by molar-refractivity contribution is -0.0273. The number of nitrogens with two attached hydrogens (primary N) is 1. The fourth-order valence-electron chi connectivity index (χ4n) is 3.20. The highest BCUT2D eigenvalue weighted by Crippen LogP contribution is 2.43. The molecule has 4 nitrogen and oxygen atoms in total. The summed E-state index contributed by atoms with van der Waals surface area (Å²) in [5, 5.41) is 0. The van der Waals surface area contributed by atoms with Gasteiger partial charge in [-0.05, 0) is 32.1 Å². The van der Waals surface area contributed by atoms with Crippen LogP contribution in [-0.4, -0.2) is 37.7 Å². The van der Waals surface area contributed by atoms with Crippen LogP contribution in [0.4, 0.5) is 0 Å². The largest absolute Gasteiger partial charge is 0.371 e. The lowest BCUT2D eigenvalue weighted by Crippen LogP contribution is -2.34. The van der Waals surface area contributed by atoms with E-state index in [1.165, 1.54) is 12.8 Å². The molecular formula is C13H25NO3S. The van der Waals surface area contributed by atoms with Gasteiger partial charge in [0.25, 0.3) is 0 Å². The van der Waals surface area contributed by atoms with Crippen LogP contribution < -0.4 is 5.73 Å². The summed E-state index contributed by atoms with van der Waals surface area (Å²) in [6.45, 7) is 1.92. The molecule has 1 aliphatic heterocycles. The molecule has 1 saturated heterocycles. The minimum absolute atomic E-state index is 0.0209. The Labute approximate surface area is 110 Å². The second kappa shape index (κ2) is 5.47. The second-order valence-electron chi connectivity index (χ2n) is 5.91. The lowest BCUT2D eigenvalue weighted by atomic mass is 9.98. The Morgan fingerprint density at radius 2 is 2.00 bits per heavy atom. The minimum Gasteiger partial charge on any atom is -0.371 e. The number of rotatable bonds is 5. The van der Waals surface area contributed by atoms with Gasteiger partial charge in [0.05, 0.1) is 23.2 Å². The third-order valence-corrected chi connectivity index (χ3v) is 6.10. The Kier molecular flexibility index (Phi) is 4.34. The average molecular weight is 275 g/mol. The van der Waals surface area contributed by atoms with Crippen LogP contribution in [0, 0.1) is 0 Å². The van der Waals surface area contributed by atoms with E-state index in [1.807, 2.05) is 6.92 Å². The van der Waals surface area contributed by atoms with Crippen molar-refractivity contribution in [2.75, 3.05) is 11.5 Å². The van der Waals surface area contributed by atoms with Crippen molar-refractivity contribution in [3.05, 3.63) is 0 Å². The van der Waals surface area contributed by atoms with E-state index in [1.54, 1.807) is 0 Å². The molecule has 18 heavy (non-hydrogen) atoms. The maximum atomic E-state index is 12.0. The van der Waals surface area contributed by atoms with Gasteiger partial charge in [0.1, 0.15) is 0 Å². The van der Waals surface area contributed by atoms with Crippen LogP contribution >= 0.6 is 0 Å². The van der Waals surface area contributed by atoms with E-state index in [2.05, 4.69) is 0 Å². The summed E-state index contributed by atoms with van der Waals surface area (Å²) in [5.74, 6) is 0.249. The van der Waals surface area contributed by atoms with E-state index in [0.29, 0.717) is 6.42 Å². The summed E-state index contributed by atoms with van der Waals surface area (Å²) in [4.78, 5) is 0. The molecule has 0 aromatic carbocycles. The highest BCUT2D eigenvalue weighted by Gasteiger charge is 2.43. The van der Waals surface area contributed by atoms with Gasteiger partial charge in [-0.3, -0.25) is 0 Å². The smallest absolute Gasteiger partial charge is 0.154 e. The summed E-state index contributed by atoms with van der Waals surface area (Å²) in [6.07, 6.45) is 7.19. The van der Waals surface area contributed by atoms with E-state index >= 15 is 0 Å². The van der Waals surface area contributed by atoms with Gasteiger partial charge in [-0.1, -0.05) is 19.8 Å². The Hall–Kier alpha value is -0.130. The molecule has 0 radical (unpaired) electrons. The maximum absolute atomic E-state index is 12.0. The molecule has 0 aromatic rings. The van der Waals surface area contributed by atoms with Crippen molar-refractivity contribution in [3.63, 3.8) is 0 Å². The van der Waals surface area contributed by atoms with Gasteiger partial charge < -0.3 is 10.5 Å². The van der Waals surface area contributed by atoms with E-state index in [0.717, 1.165) is 25.7 Å². The van der Waals surface area contributed by atoms with Crippen LogP contribution in [0.1, 0.15) is 51.9 Å². The third-order valence-electron chi connectivity index (χ3n) is 4.29. The van der Waals surface area contributed by atoms with Gasteiger partial charge in [-0.25, -0.2) is 8.42 Å². The molecule has 0 amide bonds. The van der Waals surface area contributed by atoms with Crippen molar-refractivity contribution >= 4 is 9.84 Å². The van der Waals surface area contributed by atoms with Gasteiger partial charge in [0.2, 0.25) is 0 Å². The molecule has 0 aromatic heterocycles. The predicted molar refractivity (Wildman–Crippen MR) is 72.2 cm³/mol. The van der Waals surface area contributed by atoms with E-state index in [-0.39, 0.29) is 29.3 Å². The maximum Gasteiger partial charge on any atom is 0.154 e. The van der Waals surface area contributed by atoms with Crippen LogP contribution in [0.5, 0.6) is 0 Å². The summed E-state index contributed by atoms with van der Waals surface area (Å²) in [7, 11) is -3.07. The Bertz CT molecular complexity index is 374. The Morgan fingerprint density at radius 1 is 1.33 bits per heavy atom. The van der Waals surface area contributed by atoms with Crippen LogP contribution in [0.25, 0.3) is 0 Å². The number of ether oxygens (including phenoxy) is 1. The van der Waals surface area contributed by atoms with Crippen LogP contribution in [-0.2, 0) is 14.6 Å². The number of hydrogen-bond acceptors (Lipinski definition) is 4. The van der Waals surface area contributed by atoms with E-state index < -0.39 is 9.84 Å². The van der Waals surface area contributed by atoms with Crippen LogP contribution in [0.2, 0.25) is 0 Å². The van der Waals surface area contributed by atoms with Crippen molar-refractivity contribution in [2.24, 2.45) is 5.73 Å². The minimum atomic E-state index is -3.07. The van der Waals surface area contributed by atoms with E-state index in [4.69, 9.17) is 10.5 Å². The first-order valence-corrected chi connectivity index (χ1v) is 8.91. The zero-order chi connectivity index (χ0) is 13.2. The van der Waals surface area contributed by atoms with Crippen molar-refractivity contribution < 1.29 is 13.2 Å². The molecule has 1 heterocycles. The molecule has 2 N–H and O–H groups in total. The molecule has 1 aliphatic carbocycles. The second-order valence-corrected chi connectivity index (χ2v) is 8.07. The lowest BCUT2D eigenvalue weighted by Gasteiger charge is -2.23. The molecule has 1 saturated carbocycles. The molecule has 2 rings (SSSR count). The van der Waals surface area contributed by atoms with Gasteiger partial charge in [-0.2, -0.15) is 0 Å². The first-order chi connectivity index (χ1) is 8.45. The third kappa shape index (κ3) is 3.45. The Balaban J connectivity index is 1.87. The summed E-state index contributed by atoms with van der Waals surface area (Å²) < 4.78 is 30.0. The van der Waals surface area contributed by atoms with Crippen LogP contribution in [0.15, 0.2) is 0 Å². The summed E-state index contributed by atoms with van der Waals surface area (Å²) in [5.41, 5.74) is 5.75. The van der Waals surface area contributed by atoms with Crippen LogP contribution in [0.3, 0.4) is 0 Å². The number of hydrogen-bond donors (Lipinski definition) is 1. The standard InChI is InChI=1S/C13H25NO3S/c1-2-11(14)9-18(15,16)10-12-5-8-13(17-12)6-3-4-7-13/h11-12H,2-10,14H2,1H3. The predicted octanol–water partition coefficient (Wildman–Crippen LogP) is 1.63. The first kappa shape index (κ1) is 14.3. The van der Waals surface area contributed by atoms with E-state index in [9.17, 15) is 8.42 Å². The zero-order valence-electron chi connectivity index (χ0n) is 11.2. The van der Waals surface area contributed by atoms with Gasteiger partial charge in [-0.15, -0.1) is 0 Å². The molecule has 1 spiro atoms. The molecule has 2 aliphatic rings. The van der Waals surface area contributed by atoms with Crippen molar-refractivity contribution in [3.8, 4) is 0 Å². The molecule has 106 valence electrons. The highest BCUT2D eigenvalue weighted by molar-refractivity contribution is 7.91. The zero-order valence-corrected chi connectivity index (χ0v) is 12.0. The number of sulfone groups is 1. The Morgan fingerprint density at radius 3 is 2.61 bits per heavy atom. The highest BCUT2D eigenvalue weighted by atomic mass is 32.2. The SMILES string of the molecule is CCC(N)CS(=O)(=O)CC1CCC2(CCCC2)O1. The topological polar surface area (TPSA) is 69.4 Å². The van der Waals surface area contributed by atoms with Crippen molar-refractivity contribution in [2.45, 2.75) is 69.6 Å². The van der Waals surface area contributed by atoms with Gasteiger partial charge in [0.15, 0.2) is 9.84 Å². The molecule has 2 unspecified atom stereocenters. The average Bonchev–Trinajstić information content (AvgIpc) is 2.88. The summed E-state index contributed by atoms with van der Waals surface area (Å²) >= 11 is 0. The fourth-order valence-corrected chi connectivity index (χ4v) is 5.02. The normalized spacial score (nSPS) is 28.9. The fraction of sp³-hybridized carbons (Fsp3) is 1.00. The summed E-state index contributed by atoms with van der Waals surface area (Å²) in [6, 6.07) is -0.239. The molecule has 2 atom stereocenters. The van der Waals surface area contributed by atoms with Gasteiger partial charge in [0, 0.05) is 6.04 Å². The molecule has 5 heteroatoms. The monoisotopic (exact) mass is 275 g/mol. The van der Waals surface area contributed by atoms with Gasteiger partial charge >= 0.3 is 0 Å². The molecule has 2 fully saturated rings. The van der Waals surface area contributed by atoms with Crippen molar-refractivity contribution in [1.82, 2.24) is 0 Å². The van der Waals surface area contributed by atoms with Crippen molar-refractivity contribution in [1.29, 1.82) is 0 Å². The first-order valence-electron chi connectivity index (χ1n) is 7.08. The molecule has 0 bridgehead atoms. The quantitative estimate of drug-likeness (QED) is 0.828.